The van der Waals surface area contributed by atoms with Gasteiger partial charge in [0, 0.05) is 6.04 Å². The average molecular weight is 292 g/mol. The zero-order valence-electron chi connectivity index (χ0n) is 12.6. The Hall–Kier alpha value is -1.78. The molecular weight excluding hydrogens is 268 g/mol. The molecule has 1 fully saturated rings. The first-order valence-corrected chi connectivity index (χ1v) is 7.88. The second-order valence-electron chi connectivity index (χ2n) is 5.56. The molecule has 0 spiro atoms. The second kappa shape index (κ2) is 7.86. The Morgan fingerprint density at radius 3 is 2.52 bits per heavy atom. The number of nitrogens with zero attached hydrogens (tertiary/aromatic N) is 1. The molecule has 0 heterocycles. The standard InChI is InChI=1S/C16H24N2O3/c1-2-21-14-10-11-15(16(12-14)18(19)20)17-13-8-6-4-3-5-7-9-13/h10-13,17H,2-9H2,1H3. The van der Waals surface area contributed by atoms with Crippen molar-refractivity contribution in [3.63, 3.8) is 0 Å². The van der Waals surface area contributed by atoms with E-state index in [2.05, 4.69) is 5.32 Å². The summed E-state index contributed by atoms with van der Waals surface area (Å²) < 4.78 is 5.35. The monoisotopic (exact) mass is 292 g/mol. The summed E-state index contributed by atoms with van der Waals surface area (Å²) in [6, 6.07) is 5.40. The van der Waals surface area contributed by atoms with Crippen molar-refractivity contribution in [2.24, 2.45) is 0 Å². The van der Waals surface area contributed by atoms with Crippen LogP contribution in [0.4, 0.5) is 11.4 Å². The fourth-order valence-electron chi connectivity index (χ4n) is 2.86. The number of hydrogen-bond donors (Lipinski definition) is 1. The summed E-state index contributed by atoms with van der Waals surface area (Å²) in [4.78, 5) is 10.9. The van der Waals surface area contributed by atoms with E-state index < -0.39 is 0 Å². The third kappa shape index (κ3) is 4.62. The highest BCUT2D eigenvalue weighted by Crippen LogP contribution is 2.31. The number of rotatable bonds is 5. The summed E-state index contributed by atoms with van der Waals surface area (Å²) >= 11 is 0. The summed E-state index contributed by atoms with van der Waals surface area (Å²) in [5.74, 6) is 0.549. The lowest BCUT2D eigenvalue weighted by Crippen LogP contribution is -2.21. The number of nitrogens with one attached hydrogen (secondary N) is 1. The van der Waals surface area contributed by atoms with Gasteiger partial charge in [0.25, 0.3) is 5.69 Å². The minimum absolute atomic E-state index is 0.100. The molecule has 0 aromatic heterocycles. The number of nitro groups is 1. The zero-order chi connectivity index (χ0) is 15.1. The summed E-state index contributed by atoms with van der Waals surface area (Å²) in [7, 11) is 0. The van der Waals surface area contributed by atoms with Gasteiger partial charge in [0.2, 0.25) is 0 Å². The van der Waals surface area contributed by atoms with Crippen LogP contribution in [0, 0.1) is 10.1 Å². The molecule has 1 aliphatic rings. The van der Waals surface area contributed by atoms with Gasteiger partial charge >= 0.3 is 0 Å². The molecule has 0 aliphatic heterocycles. The van der Waals surface area contributed by atoms with E-state index in [1.54, 1.807) is 12.1 Å². The Labute approximate surface area is 125 Å². The van der Waals surface area contributed by atoms with Crippen LogP contribution in [-0.2, 0) is 0 Å². The van der Waals surface area contributed by atoms with Crippen LogP contribution in [0.3, 0.4) is 0 Å². The van der Waals surface area contributed by atoms with Crippen molar-refractivity contribution >= 4 is 11.4 Å². The SMILES string of the molecule is CCOc1ccc(NC2CCCCCCC2)c([N+](=O)[O-])c1. The van der Waals surface area contributed by atoms with Crippen LogP contribution < -0.4 is 10.1 Å². The molecule has 0 amide bonds. The zero-order valence-corrected chi connectivity index (χ0v) is 12.6. The van der Waals surface area contributed by atoms with Crippen LogP contribution in [0.25, 0.3) is 0 Å². The molecule has 2 rings (SSSR count). The maximum absolute atomic E-state index is 11.3. The Morgan fingerprint density at radius 2 is 1.90 bits per heavy atom. The molecule has 0 atom stereocenters. The minimum atomic E-state index is -0.340. The molecule has 0 bridgehead atoms. The maximum Gasteiger partial charge on any atom is 0.296 e. The van der Waals surface area contributed by atoms with Gasteiger partial charge in [-0.05, 0) is 31.9 Å². The summed E-state index contributed by atoms with van der Waals surface area (Å²) in [5.41, 5.74) is 0.706. The van der Waals surface area contributed by atoms with Gasteiger partial charge in [0.1, 0.15) is 11.4 Å². The van der Waals surface area contributed by atoms with Crippen LogP contribution in [0.5, 0.6) is 5.75 Å². The molecule has 5 nitrogen and oxygen atoms in total. The van der Waals surface area contributed by atoms with E-state index in [9.17, 15) is 10.1 Å². The molecule has 1 aromatic carbocycles. The van der Waals surface area contributed by atoms with Crippen molar-refractivity contribution in [2.45, 2.75) is 57.9 Å². The van der Waals surface area contributed by atoms with Gasteiger partial charge in [-0.15, -0.1) is 0 Å². The molecule has 0 unspecified atom stereocenters. The van der Waals surface area contributed by atoms with Crippen molar-refractivity contribution in [2.75, 3.05) is 11.9 Å². The predicted molar refractivity (Wildman–Crippen MR) is 84.0 cm³/mol. The van der Waals surface area contributed by atoms with E-state index in [0.29, 0.717) is 24.1 Å². The highest BCUT2D eigenvalue weighted by atomic mass is 16.6. The molecule has 0 saturated heterocycles. The topological polar surface area (TPSA) is 64.4 Å². The fourth-order valence-corrected chi connectivity index (χ4v) is 2.86. The number of ether oxygens (including phenoxy) is 1. The van der Waals surface area contributed by atoms with Crippen LogP contribution in [0.1, 0.15) is 51.9 Å². The molecule has 0 radical (unpaired) electrons. The first-order chi connectivity index (χ1) is 10.2. The lowest BCUT2D eigenvalue weighted by molar-refractivity contribution is -0.384. The van der Waals surface area contributed by atoms with E-state index in [1.807, 2.05) is 6.92 Å². The van der Waals surface area contributed by atoms with Gasteiger partial charge in [0.05, 0.1) is 17.6 Å². The van der Waals surface area contributed by atoms with E-state index in [4.69, 9.17) is 4.74 Å². The maximum atomic E-state index is 11.3. The minimum Gasteiger partial charge on any atom is -0.494 e. The predicted octanol–water partition coefficient (Wildman–Crippen LogP) is 4.52. The van der Waals surface area contributed by atoms with Crippen molar-refractivity contribution in [1.82, 2.24) is 0 Å². The number of benzene rings is 1. The van der Waals surface area contributed by atoms with Crippen molar-refractivity contribution in [3.05, 3.63) is 28.3 Å². The normalized spacial score (nSPS) is 16.8. The Balaban J connectivity index is 2.11. The van der Waals surface area contributed by atoms with Gasteiger partial charge in [0.15, 0.2) is 0 Å². The summed E-state index contributed by atoms with van der Waals surface area (Å²) in [5, 5.41) is 14.6. The molecule has 5 heteroatoms. The molecule has 1 N–H and O–H groups in total. The van der Waals surface area contributed by atoms with E-state index in [0.717, 1.165) is 12.8 Å². The molecule has 1 saturated carbocycles. The van der Waals surface area contributed by atoms with E-state index >= 15 is 0 Å². The Morgan fingerprint density at radius 1 is 1.24 bits per heavy atom. The first-order valence-electron chi connectivity index (χ1n) is 7.88. The number of hydrogen-bond acceptors (Lipinski definition) is 4. The lowest BCUT2D eigenvalue weighted by Gasteiger charge is -2.22. The first kappa shape index (κ1) is 15.6. The van der Waals surface area contributed by atoms with Gasteiger partial charge in [-0.25, -0.2) is 0 Å². The van der Waals surface area contributed by atoms with Crippen LogP contribution in [0.15, 0.2) is 18.2 Å². The number of nitro benzene ring substituents is 1. The molecule has 21 heavy (non-hydrogen) atoms. The molecular formula is C16H24N2O3. The summed E-state index contributed by atoms with van der Waals surface area (Å²) in [6.45, 7) is 2.37. The van der Waals surface area contributed by atoms with Gasteiger partial charge < -0.3 is 10.1 Å². The Kier molecular flexibility index (Phi) is 5.84. The van der Waals surface area contributed by atoms with Crippen LogP contribution in [0.2, 0.25) is 0 Å². The molecule has 1 aromatic rings. The third-order valence-corrected chi connectivity index (χ3v) is 3.94. The van der Waals surface area contributed by atoms with Crippen molar-refractivity contribution in [3.8, 4) is 5.75 Å². The largest absolute Gasteiger partial charge is 0.494 e. The third-order valence-electron chi connectivity index (χ3n) is 3.94. The van der Waals surface area contributed by atoms with Crippen LogP contribution >= 0.6 is 0 Å². The lowest BCUT2D eigenvalue weighted by atomic mass is 9.96. The quantitative estimate of drug-likeness (QED) is 0.640. The molecule has 116 valence electrons. The smallest absolute Gasteiger partial charge is 0.296 e. The van der Waals surface area contributed by atoms with Gasteiger partial charge in [-0.1, -0.05) is 32.1 Å². The van der Waals surface area contributed by atoms with Gasteiger partial charge in [-0.2, -0.15) is 0 Å². The average Bonchev–Trinajstić information content (AvgIpc) is 2.43. The number of anilines is 1. The Bertz CT molecular complexity index is 469. The molecule has 1 aliphatic carbocycles. The fraction of sp³-hybridized carbons (Fsp3) is 0.625. The summed E-state index contributed by atoms with van der Waals surface area (Å²) in [6.07, 6.45) is 8.42. The van der Waals surface area contributed by atoms with E-state index in [1.165, 1.54) is 38.2 Å². The van der Waals surface area contributed by atoms with Crippen LogP contribution in [-0.4, -0.2) is 17.6 Å². The highest BCUT2D eigenvalue weighted by molar-refractivity contribution is 5.64. The highest BCUT2D eigenvalue weighted by Gasteiger charge is 2.19. The van der Waals surface area contributed by atoms with Gasteiger partial charge in [-0.3, -0.25) is 10.1 Å². The second-order valence-corrected chi connectivity index (χ2v) is 5.56. The van der Waals surface area contributed by atoms with Crippen molar-refractivity contribution < 1.29 is 9.66 Å². The van der Waals surface area contributed by atoms with E-state index in [-0.39, 0.29) is 10.6 Å². The van der Waals surface area contributed by atoms with Crippen molar-refractivity contribution in [1.29, 1.82) is 0 Å².